The van der Waals surface area contributed by atoms with Gasteiger partial charge in [-0.1, -0.05) is 11.2 Å². The highest BCUT2D eigenvalue weighted by atomic mass is 19.4. The van der Waals surface area contributed by atoms with Crippen molar-refractivity contribution in [3.8, 4) is 11.5 Å². The number of H-pyrrole nitrogens is 1. The summed E-state index contributed by atoms with van der Waals surface area (Å²) in [6.07, 6.45) is -3.42. The fraction of sp³-hybridized carbons (Fsp3) is 0.409. The highest BCUT2D eigenvalue weighted by Crippen LogP contribution is 2.35. The first-order valence-corrected chi connectivity index (χ1v) is 11.1. The van der Waals surface area contributed by atoms with Crippen LogP contribution in [0.4, 0.5) is 29.1 Å². The van der Waals surface area contributed by atoms with Crippen molar-refractivity contribution in [2.24, 2.45) is 0 Å². The first kappa shape index (κ1) is 23.1. The van der Waals surface area contributed by atoms with Gasteiger partial charge in [0.25, 0.3) is 0 Å². The number of aromatic nitrogens is 5. The molecule has 1 aromatic carbocycles. The Bertz CT molecular complexity index is 1280. The molecule has 0 saturated carbocycles. The summed E-state index contributed by atoms with van der Waals surface area (Å²) >= 11 is 0. The summed E-state index contributed by atoms with van der Waals surface area (Å²) in [5.41, 5.74) is 1.06. The van der Waals surface area contributed by atoms with Gasteiger partial charge >= 0.3 is 6.18 Å². The van der Waals surface area contributed by atoms with Crippen molar-refractivity contribution in [1.82, 2.24) is 29.8 Å². The minimum atomic E-state index is -4.48. The molecule has 1 fully saturated rings. The molecule has 0 spiro atoms. The van der Waals surface area contributed by atoms with E-state index < -0.39 is 24.9 Å². The van der Waals surface area contributed by atoms with E-state index >= 15 is 0 Å². The molecule has 186 valence electrons. The molecule has 0 amide bonds. The van der Waals surface area contributed by atoms with Crippen molar-refractivity contribution in [2.75, 3.05) is 30.8 Å². The summed E-state index contributed by atoms with van der Waals surface area (Å²) in [6, 6.07) is 7.85. The third kappa shape index (κ3) is 5.09. The Morgan fingerprint density at radius 3 is 2.86 bits per heavy atom. The maximum absolute atomic E-state index is 14.6. The van der Waals surface area contributed by atoms with Crippen LogP contribution in [0.15, 0.2) is 41.1 Å². The number of likely N-dealkylation sites (tertiary alicyclic amines) is 1. The van der Waals surface area contributed by atoms with Crippen LogP contribution in [-0.4, -0.2) is 68.3 Å². The molecule has 0 bridgehead atoms. The lowest BCUT2D eigenvalue weighted by Crippen LogP contribution is -2.46. The predicted octanol–water partition coefficient (Wildman–Crippen LogP) is 4.04. The van der Waals surface area contributed by atoms with Gasteiger partial charge in [0, 0.05) is 24.2 Å². The Kier molecular flexibility index (Phi) is 6.09. The van der Waals surface area contributed by atoms with E-state index in [2.05, 4.69) is 31.0 Å². The van der Waals surface area contributed by atoms with Gasteiger partial charge in [-0.15, -0.1) is 0 Å². The largest absolute Gasteiger partial charge is 0.406 e. The van der Waals surface area contributed by atoms with Crippen LogP contribution in [0.25, 0.3) is 22.4 Å². The zero-order chi connectivity index (χ0) is 24.6. The second kappa shape index (κ2) is 9.21. The fourth-order valence-electron chi connectivity index (χ4n) is 4.32. The Hall–Kier alpha value is -3.61. The van der Waals surface area contributed by atoms with E-state index in [1.54, 1.807) is 36.5 Å². The normalized spacial score (nSPS) is 19.3. The van der Waals surface area contributed by atoms with Crippen molar-refractivity contribution in [3.05, 3.63) is 42.4 Å². The Labute approximate surface area is 197 Å². The topological polar surface area (TPSA) is 99.8 Å². The lowest BCUT2D eigenvalue weighted by Gasteiger charge is -2.33. The number of aromatic amines is 1. The molecule has 13 heteroatoms. The van der Waals surface area contributed by atoms with Gasteiger partial charge in [0.1, 0.15) is 18.5 Å². The van der Waals surface area contributed by atoms with E-state index in [4.69, 9.17) is 4.52 Å². The van der Waals surface area contributed by atoms with E-state index in [0.29, 0.717) is 35.4 Å². The molecule has 4 heterocycles. The quantitative estimate of drug-likeness (QED) is 0.335. The number of halogens is 4. The van der Waals surface area contributed by atoms with Crippen LogP contribution in [0.5, 0.6) is 0 Å². The third-order valence-electron chi connectivity index (χ3n) is 6.00. The molecule has 3 N–H and O–H groups in total. The van der Waals surface area contributed by atoms with Crippen LogP contribution in [0.1, 0.15) is 12.3 Å². The van der Waals surface area contributed by atoms with Crippen LogP contribution in [0, 0.1) is 0 Å². The van der Waals surface area contributed by atoms with E-state index in [-0.39, 0.29) is 24.0 Å². The Balaban J connectivity index is 1.48. The molecule has 3 aromatic heterocycles. The molecule has 5 rings (SSSR count). The molecule has 0 unspecified atom stereocenters. The fourth-order valence-corrected chi connectivity index (χ4v) is 4.32. The molecule has 9 nitrogen and oxygen atoms in total. The molecule has 1 aliphatic rings. The molecule has 0 radical (unpaired) electrons. The lowest BCUT2D eigenvalue weighted by molar-refractivity contribution is -0.139. The first-order valence-electron chi connectivity index (χ1n) is 11.1. The van der Waals surface area contributed by atoms with Crippen molar-refractivity contribution in [1.29, 1.82) is 0 Å². The standard InChI is InChI=1S/C22H24F4N8O/c1-33-8-6-16(14(23)11-33)29-15-3-2-4-17-13(15)9-18(34(17)12-22(24,25)26)21-30-20(35-32-21)10-27-19-5-7-28-31-19/h2-5,7,9,14,16,29H,6,8,10-12H2,1H3,(H2,27,28,31)/t14-,16+/m0/s1. The van der Waals surface area contributed by atoms with Gasteiger partial charge < -0.3 is 24.6 Å². The number of nitrogens with zero attached hydrogens (tertiary/aromatic N) is 5. The number of hydrogen-bond donors (Lipinski definition) is 3. The van der Waals surface area contributed by atoms with Crippen molar-refractivity contribution in [3.63, 3.8) is 0 Å². The molecule has 1 aliphatic heterocycles. The monoisotopic (exact) mass is 492 g/mol. The van der Waals surface area contributed by atoms with Crippen LogP contribution in [0.2, 0.25) is 0 Å². The van der Waals surface area contributed by atoms with E-state index in [1.165, 1.54) is 0 Å². The van der Waals surface area contributed by atoms with Crippen molar-refractivity contribution >= 4 is 22.4 Å². The second-order valence-electron chi connectivity index (χ2n) is 8.62. The van der Waals surface area contributed by atoms with Gasteiger partial charge in [-0.05, 0) is 37.7 Å². The first-order chi connectivity index (χ1) is 16.8. The molecular formula is C22H24F4N8O. The zero-order valence-electron chi connectivity index (χ0n) is 18.8. The number of nitrogens with one attached hydrogen (secondary N) is 3. The minimum absolute atomic E-state index is 0.0282. The van der Waals surface area contributed by atoms with E-state index in [9.17, 15) is 17.6 Å². The molecular weight excluding hydrogens is 468 g/mol. The number of hydrogen-bond acceptors (Lipinski definition) is 7. The van der Waals surface area contributed by atoms with Crippen LogP contribution >= 0.6 is 0 Å². The van der Waals surface area contributed by atoms with Gasteiger partial charge in [-0.3, -0.25) is 5.10 Å². The average Bonchev–Trinajstić information content (AvgIpc) is 3.54. The van der Waals surface area contributed by atoms with Crippen molar-refractivity contribution < 1.29 is 22.1 Å². The van der Waals surface area contributed by atoms with Gasteiger partial charge in [0.2, 0.25) is 11.7 Å². The number of alkyl halides is 4. The minimum Gasteiger partial charge on any atom is -0.379 e. The van der Waals surface area contributed by atoms with Gasteiger partial charge in [0.05, 0.1) is 30.0 Å². The molecule has 0 aliphatic carbocycles. The van der Waals surface area contributed by atoms with Crippen LogP contribution in [-0.2, 0) is 13.1 Å². The number of anilines is 2. The average molecular weight is 492 g/mol. The summed E-state index contributed by atoms with van der Waals surface area (Å²) in [7, 11) is 1.86. The summed E-state index contributed by atoms with van der Waals surface area (Å²) < 4.78 is 61.5. The van der Waals surface area contributed by atoms with Gasteiger partial charge in [-0.2, -0.15) is 23.3 Å². The Morgan fingerprint density at radius 1 is 1.26 bits per heavy atom. The zero-order valence-corrected chi connectivity index (χ0v) is 18.8. The smallest absolute Gasteiger partial charge is 0.379 e. The third-order valence-corrected chi connectivity index (χ3v) is 6.00. The number of piperidine rings is 1. The van der Waals surface area contributed by atoms with Gasteiger partial charge in [-0.25, -0.2) is 4.39 Å². The maximum atomic E-state index is 14.6. The molecule has 2 atom stereocenters. The van der Waals surface area contributed by atoms with Gasteiger partial charge in [0.15, 0.2) is 0 Å². The second-order valence-corrected chi connectivity index (χ2v) is 8.62. The summed E-state index contributed by atoms with van der Waals surface area (Å²) in [5.74, 6) is 0.857. The van der Waals surface area contributed by atoms with Crippen LogP contribution < -0.4 is 10.6 Å². The summed E-state index contributed by atoms with van der Waals surface area (Å²) in [5, 5.41) is 17.2. The molecule has 1 saturated heterocycles. The SMILES string of the molecule is CN1CC[C@@H](Nc2cccc3c2cc(-c2noc(CNc4ccn[nH]4)n2)n3CC(F)(F)F)[C@@H](F)C1. The van der Waals surface area contributed by atoms with Crippen molar-refractivity contribution in [2.45, 2.75) is 37.9 Å². The summed E-state index contributed by atoms with van der Waals surface area (Å²) in [6.45, 7) is -0.0418. The number of fused-ring (bicyclic) bond motifs is 1. The molecule has 4 aromatic rings. The summed E-state index contributed by atoms with van der Waals surface area (Å²) in [4.78, 5) is 6.20. The van der Waals surface area contributed by atoms with E-state index in [0.717, 1.165) is 11.1 Å². The number of rotatable bonds is 7. The van der Waals surface area contributed by atoms with Crippen LogP contribution in [0.3, 0.4) is 0 Å². The number of benzene rings is 1. The molecule has 35 heavy (non-hydrogen) atoms. The Morgan fingerprint density at radius 2 is 2.11 bits per heavy atom. The maximum Gasteiger partial charge on any atom is 0.406 e. The predicted molar refractivity (Wildman–Crippen MR) is 122 cm³/mol. The van der Waals surface area contributed by atoms with E-state index in [1.807, 2.05) is 11.9 Å². The highest BCUT2D eigenvalue weighted by molar-refractivity contribution is 5.96. The highest BCUT2D eigenvalue weighted by Gasteiger charge is 2.32. The lowest BCUT2D eigenvalue weighted by atomic mass is 10.0.